The monoisotopic (exact) mass is 213 g/mol. The second-order valence-corrected chi connectivity index (χ2v) is 5.34. The highest BCUT2D eigenvalue weighted by atomic mass is 16.3. The van der Waals surface area contributed by atoms with Crippen molar-refractivity contribution in [1.82, 2.24) is 5.32 Å². The van der Waals surface area contributed by atoms with E-state index in [0.717, 1.165) is 32.1 Å². The minimum absolute atomic E-state index is 0.0153. The van der Waals surface area contributed by atoms with E-state index in [1.165, 1.54) is 0 Å². The van der Waals surface area contributed by atoms with Gasteiger partial charge in [-0.2, -0.15) is 0 Å². The van der Waals surface area contributed by atoms with E-state index in [1.807, 2.05) is 13.8 Å². The number of hydrogen-bond donors (Lipinski definition) is 2. The standard InChI is InChI=1S/C12H23NO2/c1-4-12(7-5-6-8-12)10(15)13-11(2,3)9-14/h14H,4-9H2,1-3H3,(H,13,15). The normalized spacial score (nSPS) is 20.3. The second-order valence-electron chi connectivity index (χ2n) is 5.34. The van der Waals surface area contributed by atoms with Crippen LogP contribution in [0.5, 0.6) is 0 Å². The Balaban J connectivity index is 2.66. The lowest BCUT2D eigenvalue weighted by atomic mass is 9.81. The van der Waals surface area contributed by atoms with Crippen LogP contribution in [0.15, 0.2) is 0 Å². The summed E-state index contributed by atoms with van der Waals surface area (Å²) in [6.07, 6.45) is 5.20. The number of amides is 1. The summed E-state index contributed by atoms with van der Waals surface area (Å²) in [6.45, 7) is 5.77. The molecule has 1 amide bonds. The van der Waals surface area contributed by atoms with Gasteiger partial charge < -0.3 is 10.4 Å². The molecule has 1 aliphatic rings. The van der Waals surface area contributed by atoms with Gasteiger partial charge in [0.05, 0.1) is 12.1 Å². The summed E-state index contributed by atoms with van der Waals surface area (Å²) in [5.41, 5.74) is -0.658. The van der Waals surface area contributed by atoms with Crippen molar-refractivity contribution >= 4 is 5.91 Å². The van der Waals surface area contributed by atoms with Gasteiger partial charge in [-0.05, 0) is 33.1 Å². The molecule has 3 nitrogen and oxygen atoms in total. The van der Waals surface area contributed by atoms with Crippen LogP contribution >= 0.6 is 0 Å². The Morgan fingerprint density at radius 1 is 1.40 bits per heavy atom. The Morgan fingerprint density at radius 2 is 1.93 bits per heavy atom. The zero-order valence-corrected chi connectivity index (χ0v) is 10.1. The van der Waals surface area contributed by atoms with Gasteiger partial charge in [0.2, 0.25) is 5.91 Å². The Kier molecular flexibility index (Phi) is 3.77. The topological polar surface area (TPSA) is 49.3 Å². The predicted molar refractivity (Wildman–Crippen MR) is 60.5 cm³/mol. The Hall–Kier alpha value is -0.570. The van der Waals surface area contributed by atoms with E-state index >= 15 is 0 Å². The lowest BCUT2D eigenvalue weighted by Crippen LogP contribution is -2.51. The van der Waals surface area contributed by atoms with Gasteiger partial charge in [-0.3, -0.25) is 4.79 Å². The molecule has 0 unspecified atom stereocenters. The SMILES string of the molecule is CCC1(C(=O)NC(C)(C)CO)CCCC1. The fraction of sp³-hybridized carbons (Fsp3) is 0.917. The molecular weight excluding hydrogens is 190 g/mol. The van der Waals surface area contributed by atoms with Crippen molar-refractivity contribution in [1.29, 1.82) is 0 Å². The molecule has 0 aliphatic heterocycles. The molecule has 1 fully saturated rings. The Bertz CT molecular complexity index is 230. The Morgan fingerprint density at radius 3 is 2.33 bits per heavy atom. The van der Waals surface area contributed by atoms with Crippen LogP contribution in [0.25, 0.3) is 0 Å². The van der Waals surface area contributed by atoms with Crippen LogP contribution in [0.2, 0.25) is 0 Å². The molecule has 1 rings (SSSR count). The molecule has 1 saturated carbocycles. The molecule has 15 heavy (non-hydrogen) atoms. The minimum atomic E-state index is -0.498. The van der Waals surface area contributed by atoms with Crippen LogP contribution in [0.4, 0.5) is 0 Å². The van der Waals surface area contributed by atoms with E-state index in [4.69, 9.17) is 5.11 Å². The number of carbonyl (C=O) groups is 1. The molecule has 0 bridgehead atoms. The number of aliphatic hydroxyl groups is 1. The van der Waals surface area contributed by atoms with Crippen LogP contribution in [-0.4, -0.2) is 23.2 Å². The van der Waals surface area contributed by atoms with Crippen molar-refractivity contribution in [3.63, 3.8) is 0 Å². The third kappa shape index (κ3) is 2.71. The van der Waals surface area contributed by atoms with Crippen LogP contribution in [-0.2, 0) is 4.79 Å². The van der Waals surface area contributed by atoms with Crippen molar-refractivity contribution in [2.75, 3.05) is 6.61 Å². The maximum absolute atomic E-state index is 12.2. The quantitative estimate of drug-likeness (QED) is 0.748. The number of nitrogens with one attached hydrogen (secondary N) is 1. The van der Waals surface area contributed by atoms with E-state index in [9.17, 15) is 4.79 Å². The minimum Gasteiger partial charge on any atom is -0.394 e. The molecule has 0 aromatic carbocycles. The molecule has 0 aromatic heterocycles. The van der Waals surface area contributed by atoms with Crippen molar-refractivity contribution in [2.24, 2.45) is 5.41 Å². The third-order valence-electron chi connectivity index (χ3n) is 3.57. The summed E-state index contributed by atoms with van der Waals surface area (Å²) in [5.74, 6) is 0.126. The van der Waals surface area contributed by atoms with Crippen molar-refractivity contribution in [3.8, 4) is 0 Å². The van der Waals surface area contributed by atoms with Gasteiger partial charge in [-0.1, -0.05) is 19.8 Å². The molecular formula is C12H23NO2. The highest BCUT2D eigenvalue weighted by molar-refractivity contribution is 5.83. The fourth-order valence-corrected chi connectivity index (χ4v) is 2.27. The summed E-state index contributed by atoms with van der Waals surface area (Å²) < 4.78 is 0. The molecule has 0 heterocycles. The average Bonchev–Trinajstić information content (AvgIpc) is 2.66. The molecule has 0 aromatic rings. The molecule has 2 N–H and O–H groups in total. The molecule has 0 radical (unpaired) electrons. The summed E-state index contributed by atoms with van der Waals surface area (Å²) in [7, 11) is 0. The number of aliphatic hydroxyl groups excluding tert-OH is 1. The highest BCUT2D eigenvalue weighted by Crippen LogP contribution is 2.41. The van der Waals surface area contributed by atoms with Crippen LogP contribution in [0.1, 0.15) is 52.9 Å². The van der Waals surface area contributed by atoms with Crippen LogP contribution < -0.4 is 5.32 Å². The third-order valence-corrected chi connectivity index (χ3v) is 3.57. The second kappa shape index (κ2) is 4.52. The van der Waals surface area contributed by atoms with Gasteiger partial charge in [0, 0.05) is 5.41 Å². The zero-order chi connectivity index (χ0) is 11.5. The smallest absolute Gasteiger partial charge is 0.226 e. The molecule has 0 spiro atoms. The van der Waals surface area contributed by atoms with Crippen LogP contribution in [0, 0.1) is 5.41 Å². The number of carbonyl (C=O) groups excluding carboxylic acids is 1. The van der Waals surface area contributed by atoms with Gasteiger partial charge in [0.15, 0.2) is 0 Å². The fourth-order valence-electron chi connectivity index (χ4n) is 2.27. The van der Waals surface area contributed by atoms with Crippen molar-refractivity contribution in [2.45, 2.75) is 58.4 Å². The first-order valence-electron chi connectivity index (χ1n) is 5.89. The number of hydrogen-bond acceptors (Lipinski definition) is 2. The van der Waals surface area contributed by atoms with Crippen molar-refractivity contribution < 1.29 is 9.90 Å². The maximum Gasteiger partial charge on any atom is 0.226 e. The highest BCUT2D eigenvalue weighted by Gasteiger charge is 2.40. The first kappa shape index (κ1) is 12.5. The Labute approximate surface area is 92.3 Å². The molecule has 88 valence electrons. The van der Waals surface area contributed by atoms with Gasteiger partial charge >= 0.3 is 0 Å². The predicted octanol–water partition coefficient (Wildman–Crippen LogP) is 1.84. The molecule has 0 atom stereocenters. The average molecular weight is 213 g/mol. The molecule has 3 heteroatoms. The van der Waals surface area contributed by atoms with E-state index in [1.54, 1.807) is 0 Å². The molecule has 1 aliphatic carbocycles. The van der Waals surface area contributed by atoms with Gasteiger partial charge in [-0.25, -0.2) is 0 Å². The lowest BCUT2D eigenvalue weighted by molar-refractivity contribution is -0.133. The van der Waals surface area contributed by atoms with Crippen molar-refractivity contribution in [3.05, 3.63) is 0 Å². The van der Waals surface area contributed by atoms with E-state index in [2.05, 4.69) is 12.2 Å². The maximum atomic E-state index is 12.2. The summed E-state index contributed by atoms with van der Waals surface area (Å²) in [6, 6.07) is 0. The number of rotatable bonds is 4. The first-order chi connectivity index (χ1) is 6.96. The molecule has 0 saturated heterocycles. The largest absolute Gasteiger partial charge is 0.394 e. The van der Waals surface area contributed by atoms with E-state index < -0.39 is 5.54 Å². The van der Waals surface area contributed by atoms with E-state index in [-0.39, 0.29) is 17.9 Å². The lowest BCUT2D eigenvalue weighted by Gasteiger charge is -2.32. The van der Waals surface area contributed by atoms with Gasteiger partial charge in [0.1, 0.15) is 0 Å². The summed E-state index contributed by atoms with van der Waals surface area (Å²) in [5, 5.41) is 12.1. The summed E-state index contributed by atoms with van der Waals surface area (Å²) in [4.78, 5) is 12.2. The summed E-state index contributed by atoms with van der Waals surface area (Å²) >= 11 is 0. The van der Waals surface area contributed by atoms with Gasteiger partial charge in [0.25, 0.3) is 0 Å². The van der Waals surface area contributed by atoms with Gasteiger partial charge in [-0.15, -0.1) is 0 Å². The first-order valence-corrected chi connectivity index (χ1v) is 5.89. The van der Waals surface area contributed by atoms with E-state index in [0.29, 0.717) is 0 Å². The van der Waals surface area contributed by atoms with Crippen LogP contribution in [0.3, 0.4) is 0 Å². The zero-order valence-electron chi connectivity index (χ0n) is 10.1.